The minimum Gasteiger partial charge on any atom is -0.378 e. The first kappa shape index (κ1) is 21.2. The second-order valence-electron chi connectivity index (χ2n) is 7.55. The van der Waals surface area contributed by atoms with Crippen molar-refractivity contribution in [3.8, 4) is 16.8 Å². The summed E-state index contributed by atoms with van der Waals surface area (Å²) < 4.78 is 21.5. The summed E-state index contributed by atoms with van der Waals surface area (Å²) in [7, 11) is 0. The molecule has 4 aromatic rings. The van der Waals surface area contributed by atoms with Gasteiger partial charge in [0.1, 0.15) is 5.82 Å². The van der Waals surface area contributed by atoms with Gasteiger partial charge in [-0.1, -0.05) is 30.3 Å². The highest BCUT2D eigenvalue weighted by atomic mass is 32.1. The maximum atomic E-state index is 14.5. The van der Waals surface area contributed by atoms with E-state index in [1.807, 2.05) is 36.4 Å². The lowest BCUT2D eigenvalue weighted by Gasteiger charge is -2.28. The molecule has 1 fully saturated rings. The zero-order valence-corrected chi connectivity index (χ0v) is 18.7. The van der Waals surface area contributed by atoms with E-state index in [4.69, 9.17) is 4.74 Å². The van der Waals surface area contributed by atoms with Crippen LogP contribution in [0.1, 0.15) is 15.5 Å². The molecule has 0 spiro atoms. The molecule has 1 aliphatic heterocycles. The van der Waals surface area contributed by atoms with Crippen molar-refractivity contribution < 1.29 is 13.9 Å². The van der Waals surface area contributed by atoms with Crippen molar-refractivity contribution in [2.75, 3.05) is 36.5 Å². The van der Waals surface area contributed by atoms with Gasteiger partial charge < -0.3 is 15.0 Å². The van der Waals surface area contributed by atoms with Crippen molar-refractivity contribution in [2.45, 2.75) is 6.92 Å². The van der Waals surface area contributed by atoms with Crippen LogP contribution < -0.4 is 10.2 Å². The number of hydrogen-bond donors (Lipinski definition) is 1. The third-order valence-corrected chi connectivity index (χ3v) is 6.58. The molecule has 1 N–H and O–H groups in total. The first-order chi connectivity index (χ1) is 16.1. The summed E-state index contributed by atoms with van der Waals surface area (Å²) in [6.07, 6.45) is 0. The van der Waals surface area contributed by atoms with Crippen molar-refractivity contribution in [3.63, 3.8) is 0 Å². The number of hydrogen-bond acceptors (Lipinski definition) is 7. The molecule has 1 saturated heterocycles. The highest BCUT2D eigenvalue weighted by Crippen LogP contribution is 2.39. The lowest BCUT2D eigenvalue weighted by molar-refractivity contribution is 0.103. The zero-order valence-electron chi connectivity index (χ0n) is 17.9. The van der Waals surface area contributed by atoms with Gasteiger partial charge in [-0.2, -0.15) is 4.68 Å². The van der Waals surface area contributed by atoms with Crippen LogP contribution in [0.15, 0.2) is 54.6 Å². The lowest BCUT2D eigenvalue weighted by Crippen LogP contribution is -2.35. The summed E-state index contributed by atoms with van der Waals surface area (Å²) >= 11 is 1.40. The van der Waals surface area contributed by atoms with Crippen molar-refractivity contribution >= 4 is 27.9 Å². The minimum absolute atomic E-state index is 0.0648. The van der Waals surface area contributed by atoms with E-state index in [2.05, 4.69) is 25.7 Å². The summed E-state index contributed by atoms with van der Waals surface area (Å²) in [6, 6.07) is 16.2. The number of ether oxygens (including phenoxy) is 1. The van der Waals surface area contributed by atoms with Gasteiger partial charge in [-0.15, -0.1) is 16.4 Å². The number of thiophene rings is 1. The summed E-state index contributed by atoms with van der Waals surface area (Å²) in [5.41, 5.74) is 2.62. The van der Waals surface area contributed by atoms with Crippen molar-refractivity contribution in [1.29, 1.82) is 0 Å². The Morgan fingerprint density at radius 1 is 1.12 bits per heavy atom. The predicted octanol–water partition coefficient (Wildman–Crippen LogP) is 3.93. The molecule has 0 unspecified atom stereocenters. The molecule has 33 heavy (non-hydrogen) atoms. The first-order valence-corrected chi connectivity index (χ1v) is 11.3. The zero-order chi connectivity index (χ0) is 22.8. The van der Waals surface area contributed by atoms with Crippen LogP contribution in [0.2, 0.25) is 0 Å². The third-order valence-electron chi connectivity index (χ3n) is 5.39. The fourth-order valence-electron chi connectivity index (χ4n) is 3.71. The van der Waals surface area contributed by atoms with E-state index >= 15 is 0 Å². The van der Waals surface area contributed by atoms with Gasteiger partial charge >= 0.3 is 0 Å². The smallest absolute Gasteiger partial charge is 0.265 e. The van der Waals surface area contributed by atoms with Gasteiger partial charge in [-0.3, -0.25) is 4.79 Å². The van der Waals surface area contributed by atoms with Crippen LogP contribution >= 0.6 is 11.3 Å². The molecule has 0 bridgehead atoms. The van der Waals surface area contributed by atoms with E-state index in [1.54, 1.807) is 13.0 Å². The normalized spacial score (nSPS) is 13.8. The Morgan fingerprint density at radius 2 is 1.91 bits per heavy atom. The molecule has 0 saturated carbocycles. The first-order valence-electron chi connectivity index (χ1n) is 10.5. The Bertz CT molecular complexity index is 1280. The van der Waals surface area contributed by atoms with Crippen LogP contribution in [0.3, 0.4) is 0 Å². The molecular weight excluding hydrogens is 443 g/mol. The molecule has 0 radical (unpaired) electrons. The second kappa shape index (κ2) is 9.08. The van der Waals surface area contributed by atoms with Gasteiger partial charge in [0.25, 0.3) is 5.91 Å². The molecule has 10 heteroatoms. The van der Waals surface area contributed by atoms with E-state index in [9.17, 15) is 9.18 Å². The van der Waals surface area contributed by atoms with Crippen LogP contribution in [-0.2, 0) is 4.74 Å². The van der Waals surface area contributed by atoms with Crippen LogP contribution in [0.25, 0.3) is 16.8 Å². The number of rotatable bonds is 5. The summed E-state index contributed by atoms with van der Waals surface area (Å²) in [5.74, 6) is -0.355. The van der Waals surface area contributed by atoms with Crippen molar-refractivity contribution in [3.05, 3.63) is 71.1 Å². The summed E-state index contributed by atoms with van der Waals surface area (Å²) in [5, 5.41) is 15.1. The lowest BCUT2D eigenvalue weighted by atomic mass is 10.1. The van der Waals surface area contributed by atoms with Gasteiger partial charge in [-0.25, -0.2) is 4.39 Å². The number of aromatic nitrogens is 4. The van der Waals surface area contributed by atoms with Crippen LogP contribution in [-0.4, -0.2) is 52.4 Å². The molecule has 1 amide bonds. The average Bonchev–Trinajstić information content (AvgIpc) is 3.48. The average molecular weight is 465 g/mol. The number of morpholine rings is 1. The minimum atomic E-state index is -0.536. The van der Waals surface area contributed by atoms with Gasteiger partial charge in [0.05, 0.1) is 34.5 Å². The number of benzene rings is 2. The van der Waals surface area contributed by atoms with Gasteiger partial charge in [0.2, 0.25) is 0 Å². The number of carbonyl (C=O) groups excluding carboxylic acids is 1. The maximum Gasteiger partial charge on any atom is 0.265 e. The molecule has 5 rings (SSSR count). The molecule has 2 aromatic heterocycles. The van der Waals surface area contributed by atoms with Crippen LogP contribution in [0.5, 0.6) is 0 Å². The maximum absolute atomic E-state index is 14.5. The van der Waals surface area contributed by atoms with E-state index < -0.39 is 5.82 Å². The summed E-state index contributed by atoms with van der Waals surface area (Å²) in [4.78, 5) is 15.9. The highest BCUT2D eigenvalue weighted by molar-refractivity contribution is 7.18. The molecule has 3 heterocycles. The van der Waals surface area contributed by atoms with Gasteiger partial charge in [-0.05, 0) is 47.2 Å². The number of nitrogens with one attached hydrogen (secondary N) is 1. The second-order valence-corrected chi connectivity index (χ2v) is 8.58. The largest absolute Gasteiger partial charge is 0.378 e. The van der Waals surface area contributed by atoms with E-state index in [-0.39, 0.29) is 11.6 Å². The van der Waals surface area contributed by atoms with Crippen molar-refractivity contribution in [1.82, 2.24) is 20.2 Å². The number of tetrazole rings is 1. The number of carbonyl (C=O) groups is 1. The standard InChI is InChI=1S/C23H21FN6O2S/c1-15-26-27-28-30(15)17-7-8-19(24)20(13-17)25-22(31)21-14-18(16-5-3-2-4-6-16)23(33-21)29-9-11-32-12-10-29/h2-8,13-14H,9-12H2,1H3,(H,25,31). The molecule has 0 atom stereocenters. The number of halogens is 1. The Balaban J connectivity index is 1.47. The predicted molar refractivity (Wildman–Crippen MR) is 125 cm³/mol. The number of amides is 1. The fraction of sp³-hybridized carbons (Fsp3) is 0.217. The van der Waals surface area contributed by atoms with Crippen LogP contribution in [0.4, 0.5) is 15.1 Å². The quantitative estimate of drug-likeness (QED) is 0.482. The Morgan fingerprint density at radius 3 is 2.64 bits per heavy atom. The molecular formula is C23H21FN6O2S. The van der Waals surface area contributed by atoms with E-state index in [0.717, 1.165) is 29.2 Å². The number of aryl methyl sites for hydroxylation is 1. The molecule has 0 aliphatic carbocycles. The molecule has 2 aromatic carbocycles. The van der Waals surface area contributed by atoms with Gasteiger partial charge in [0, 0.05) is 18.7 Å². The van der Waals surface area contributed by atoms with E-state index in [0.29, 0.717) is 29.6 Å². The monoisotopic (exact) mass is 464 g/mol. The summed E-state index contributed by atoms with van der Waals surface area (Å²) in [6.45, 7) is 4.53. The Hall–Kier alpha value is -3.63. The molecule has 8 nitrogen and oxygen atoms in total. The molecule has 168 valence electrons. The topological polar surface area (TPSA) is 85.2 Å². The highest BCUT2D eigenvalue weighted by Gasteiger charge is 2.22. The number of nitrogens with zero attached hydrogens (tertiary/aromatic N) is 5. The Kier molecular flexibility index (Phi) is 5.84. The fourth-order valence-corrected chi connectivity index (χ4v) is 4.84. The van der Waals surface area contributed by atoms with Crippen molar-refractivity contribution in [2.24, 2.45) is 0 Å². The molecule has 1 aliphatic rings. The number of anilines is 2. The van der Waals surface area contributed by atoms with E-state index in [1.165, 1.54) is 28.2 Å². The Labute approximate surface area is 193 Å². The SMILES string of the molecule is Cc1nnnn1-c1ccc(F)c(NC(=O)c2cc(-c3ccccc3)c(N3CCOCC3)s2)c1. The third kappa shape index (κ3) is 4.35. The van der Waals surface area contributed by atoms with Crippen LogP contribution in [0, 0.1) is 12.7 Å². The van der Waals surface area contributed by atoms with Gasteiger partial charge in [0.15, 0.2) is 5.82 Å².